The maximum Gasteiger partial charge on any atom is 0.272 e. The highest BCUT2D eigenvalue weighted by Crippen LogP contribution is 2.31. The third kappa shape index (κ3) is 1.93. The fraction of sp³-hybridized carbons (Fsp3) is 0.0769. The lowest BCUT2D eigenvalue weighted by Crippen LogP contribution is -1.90. The molecule has 0 aliphatic carbocycles. The minimum absolute atomic E-state index is 0.0289. The van der Waals surface area contributed by atoms with Crippen LogP contribution in [0.3, 0.4) is 0 Å². The molecule has 0 saturated heterocycles. The van der Waals surface area contributed by atoms with E-state index in [0.29, 0.717) is 16.6 Å². The van der Waals surface area contributed by atoms with E-state index in [9.17, 15) is 10.1 Å². The van der Waals surface area contributed by atoms with Crippen LogP contribution in [0.5, 0.6) is 0 Å². The van der Waals surface area contributed by atoms with Crippen LogP contribution in [0.25, 0.3) is 22.2 Å². The van der Waals surface area contributed by atoms with Gasteiger partial charge >= 0.3 is 0 Å². The third-order valence-electron chi connectivity index (χ3n) is 2.92. The van der Waals surface area contributed by atoms with Gasteiger partial charge in [0, 0.05) is 17.7 Å². The summed E-state index contributed by atoms with van der Waals surface area (Å²) in [7, 11) is 0. The highest BCUT2D eigenvalue weighted by Gasteiger charge is 2.16. The first-order chi connectivity index (χ1) is 9.15. The number of rotatable bonds is 2. The van der Waals surface area contributed by atoms with Crippen molar-refractivity contribution in [1.29, 1.82) is 0 Å². The van der Waals surface area contributed by atoms with Gasteiger partial charge < -0.3 is 0 Å². The Morgan fingerprint density at radius 3 is 2.58 bits per heavy atom. The summed E-state index contributed by atoms with van der Waals surface area (Å²) < 4.78 is 4.66. The van der Waals surface area contributed by atoms with Crippen molar-refractivity contribution in [2.75, 3.05) is 0 Å². The Kier molecular flexibility index (Phi) is 2.49. The van der Waals surface area contributed by atoms with Gasteiger partial charge in [-0.15, -0.1) is 0 Å². The number of nitro groups is 1. The molecule has 1 heterocycles. The predicted octanol–water partition coefficient (Wildman–Crippen LogP) is 3.11. The fourth-order valence-electron chi connectivity index (χ4n) is 1.93. The number of hydrogen-bond acceptors (Lipinski definition) is 5. The van der Waals surface area contributed by atoms with Crippen molar-refractivity contribution in [2.24, 2.45) is 0 Å². The zero-order valence-electron chi connectivity index (χ0n) is 10.0. The monoisotopic (exact) mass is 255 g/mol. The summed E-state index contributed by atoms with van der Waals surface area (Å²) >= 11 is 0. The van der Waals surface area contributed by atoms with Crippen molar-refractivity contribution < 1.29 is 9.55 Å². The first-order valence-electron chi connectivity index (χ1n) is 5.63. The number of nitrogens with zero attached hydrogens (tertiary/aromatic N) is 3. The summed E-state index contributed by atoms with van der Waals surface area (Å²) in [5.74, 6) is 0. The number of nitro benzene ring substituents is 1. The number of aromatic nitrogens is 2. The van der Waals surface area contributed by atoms with E-state index >= 15 is 0 Å². The number of hydrogen-bond donors (Lipinski definition) is 0. The molecule has 6 heteroatoms. The summed E-state index contributed by atoms with van der Waals surface area (Å²) in [6, 6.07) is 10.5. The largest absolute Gasteiger partial charge is 0.272 e. The minimum atomic E-state index is -0.453. The van der Waals surface area contributed by atoms with Gasteiger partial charge in [0.2, 0.25) is 0 Å². The van der Waals surface area contributed by atoms with Crippen LogP contribution in [0.2, 0.25) is 0 Å². The van der Waals surface area contributed by atoms with Crippen molar-refractivity contribution in [3.8, 4) is 11.1 Å². The van der Waals surface area contributed by atoms with Gasteiger partial charge in [-0.3, -0.25) is 10.1 Å². The summed E-state index contributed by atoms with van der Waals surface area (Å²) in [6.07, 6.45) is 0. The molecule has 19 heavy (non-hydrogen) atoms. The van der Waals surface area contributed by atoms with Gasteiger partial charge in [0.15, 0.2) is 0 Å². The Morgan fingerprint density at radius 1 is 1.16 bits per heavy atom. The molecule has 6 nitrogen and oxygen atoms in total. The van der Waals surface area contributed by atoms with E-state index in [-0.39, 0.29) is 5.69 Å². The third-order valence-corrected chi connectivity index (χ3v) is 2.92. The molecule has 0 bridgehead atoms. The van der Waals surface area contributed by atoms with Crippen LogP contribution in [0.1, 0.15) is 5.56 Å². The van der Waals surface area contributed by atoms with E-state index in [0.717, 1.165) is 11.1 Å². The van der Waals surface area contributed by atoms with Crippen molar-refractivity contribution >= 4 is 16.7 Å². The summed E-state index contributed by atoms with van der Waals surface area (Å²) in [5.41, 5.74) is 3.47. The first kappa shape index (κ1) is 11.3. The number of benzene rings is 2. The van der Waals surface area contributed by atoms with E-state index in [4.69, 9.17) is 0 Å². The van der Waals surface area contributed by atoms with Crippen molar-refractivity contribution in [2.45, 2.75) is 6.92 Å². The molecular weight excluding hydrogens is 246 g/mol. The zero-order chi connectivity index (χ0) is 13.4. The zero-order valence-corrected chi connectivity index (χ0v) is 10.0. The van der Waals surface area contributed by atoms with E-state index in [1.165, 1.54) is 12.1 Å². The number of non-ortho nitro benzene ring substituents is 1. The van der Waals surface area contributed by atoms with Crippen molar-refractivity contribution in [3.63, 3.8) is 0 Å². The maximum absolute atomic E-state index is 10.9. The Morgan fingerprint density at radius 2 is 1.89 bits per heavy atom. The Balaban J connectivity index is 2.29. The fourth-order valence-corrected chi connectivity index (χ4v) is 1.93. The molecule has 0 amide bonds. The van der Waals surface area contributed by atoms with Crippen LogP contribution >= 0.6 is 0 Å². The Hall–Kier alpha value is -2.76. The van der Waals surface area contributed by atoms with Gasteiger partial charge in [0.25, 0.3) is 5.69 Å². The van der Waals surface area contributed by atoms with Crippen LogP contribution in [0.15, 0.2) is 41.0 Å². The summed E-state index contributed by atoms with van der Waals surface area (Å²) in [5, 5.41) is 18.4. The highest BCUT2D eigenvalue weighted by atomic mass is 16.6. The van der Waals surface area contributed by atoms with Gasteiger partial charge in [0.05, 0.1) is 4.92 Å². The first-order valence-corrected chi connectivity index (χ1v) is 5.63. The average Bonchev–Trinajstić information content (AvgIpc) is 2.86. The van der Waals surface area contributed by atoms with Gasteiger partial charge in [0.1, 0.15) is 11.0 Å². The molecule has 0 fully saturated rings. The molecular formula is C13H9N3O3. The van der Waals surface area contributed by atoms with Crippen molar-refractivity contribution in [3.05, 3.63) is 52.1 Å². The summed E-state index contributed by atoms with van der Waals surface area (Å²) in [6.45, 7) is 1.98. The standard InChI is InChI=1S/C13H9N3O3/c1-8-2-4-9(5-3-8)11-6-10(16(17)18)7-12-13(11)15-19-14-12/h2-7H,1H3. The number of aryl methyl sites for hydroxylation is 1. The van der Waals surface area contributed by atoms with Gasteiger partial charge in [-0.1, -0.05) is 29.8 Å². The van der Waals surface area contributed by atoms with Crippen molar-refractivity contribution in [1.82, 2.24) is 10.3 Å². The normalized spacial score (nSPS) is 10.8. The van der Waals surface area contributed by atoms with Gasteiger partial charge in [-0.2, -0.15) is 0 Å². The Labute approximate surface area is 107 Å². The van der Waals surface area contributed by atoms with E-state index in [1.54, 1.807) is 0 Å². The lowest BCUT2D eigenvalue weighted by atomic mass is 10.0. The molecule has 2 aromatic carbocycles. The van der Waals surface area contributed by atoms with Crippen LogP contribution in [0, 0.1) is 17.0 Å². The Bertz CT molecular complexity index is 762. The minimum Gasteiger partial charge on any atom is -0.258 e. The number of fused-ring (bicyclic) bond motifs is 1. The molecule has 1 aromatic heterocycles. The van der Waals surface area contributed by atoms with Gasteiger partial charge in [-0.05, 0) is 22.8 Å². The lowest BCUT2D eigenvalue weighted by Gasteiger charge is -2.02. The second-order valence-electron chi connectivity index (χ2n) is 4.25. The molecule has 94 valence electrons. The molecule has 3 rings (SSSR count). The van der Waals surface area contributed by atoms with E-state index in [1.807, 2.05) is 31.2 Å². The molecule has 0 aliphatic rings. The van der Waals surface area contributed by atoms with Crippen LogP contribution < -0.4 is 0 Å². The van der Waals surface area contributed by atoms with E-state index in [2.05, 4.69) is 14.9 Å². The molecule has 0 saturated carbocycles. The molecule has 0 spiro atoms. The van der Waals surface area contributed by atoms with Crippen LogP contribution in [-0.2, 0) is 0 Å². The SMILES string of the molecule is Cc1ccc(-c2cc([N+](=O)[O-])cc3nonc23)cc1. The molecule has 0 aliphatic heterocycles. The van der Waals surface area contributed by atoms with E-state index < -0.39 is 4.92 Å². The topological polar surface area (TPSA) is 82.1 Å². The summed E-state index contributed by atoms with van der Waals surface area (Å²) in [4.78, 5) is 10.5. The molecule has 0 N–H and O–H groups in total. The second kappa shape index (κ2) is 4.16. The van der Waals surface area contributed by atoms with Crippen LogP contribution in [0.4, 0.5) is 5.69 Å². The molecule has 0 atom stereocenters. The second-order valence-corrected chi connectivity index (χ2v) is 4.25. The lowest BCUT2D eigenvalue weighted by molar-refractivity contribution is -0.384. The molecule has 0 radical (unpaired) electrons. The molecule has 3 aromatic rings. The quantitative estimate of drug-likeness (QED) is 0.519. The molecule has 0 unspecified atom stereocenters. The van der Waals surface area contributed by atoms with Gasteiger partial charge in [-0.25, -0.2) is 4.63 Å². The highest BCUT2D eigenvalue weighted by molar-refractivity contribution is 5.93. The smallest absolute Gasteiger partial charge is 0.258 e. The predicted molar refractivity (Wildman–Crippen MR) is 68.6 cm³/mol. The maximum atomic E-state index is 10.9. The average molecular weight is 255 g/mol. The van der Waals surface area contributed by atoms with Crippen LogP contribution in [-0.4, -0.2) is 15.2 Å².